The molecule has 2 heterocycles. The average molecular weight is 403 g/mol. The lowest BCUT2D eigenvalue weighted by Crippen LogP contribution is -2.14. The van der Waals surface area contributed by atoms with Crippen molar-refractivity contribution in [3.8, 4) is 6.07 Å². The molecule has 0 aromatic carbocycles. The van der Waals surface area contributed by atoms with Gasteiger partial charge in [-0.15, -0.1) is 0 Å². The van der Waals surface area contributed by atoms with Gasteiger partial charge in [-0.3, -0.25) is 4.68 Å². The fraction of sp³-hybridized carbons (Fsp3) is 0.357. The van der Waals surface area contributed by atoms with Crippen molar-refractivity contribution < 1.29 is 13.2 Å². The maximum absolute atomic E-state index is 13.2. The van der Waals surface area contributed by atoms with E-state index in [1.54, 1.807) is 17.1 Å². The standard InChI is InChI=1S/C14H10BrF3N4S/c15-8-5-20-22(6-8)7-23-13-11(4-19)9-2-1-3-10(9)12(21-13)14(16,17)18/h5-6H,1-3,7H2. The zero-order valence-corrected chi connectivity index (χ0v) is 14.1. The van der Waals surface area contributed by atoms with Gasteiger partial charge in [0.1, 0.15) is 16.8 Å². The first kappa shape index (κ1) is 16.3. The number of nitrogens with zero attached hydrogens (tertiary/aromatic N) is 4. The van der Waals surface area contributed by atoms with Gasteiger partial charge in [-0.1, -0.05) is 11.8 Å². The lowest BCUT2D eigenvalue weighted by atomic mass is 10.0. The van der Waals surface area contributed by atoms with Gasteiger partial charge in [-0.05, 0) is 46.3 Å². The maximum Gasteiger partial charge on any atom is 0.433 e. The predicted octanol–water partition coefficient (Wildman–Crippen LogP) is 4.17. The van der Waals surface area contributed by atoms with Gasteiger partial charge in [0.15, 0.2) is 0 Å². The van der Waals surface area contributed by atoms with E-state index in [0.29, 0.717) is 24.8 Å². The smallest absolute Gasteiger partial charge is 0.261 e. The molecular formula is C14H10BrF3N4S. The number of alkyl halides is 3. The summed E-state index contributed by atoms with van der Waals surface area (Å²) in [6.07, 6.45) is 0.217. The van der Waals surface area contributed by atoms with Crippen molar-refractivity contribution in [2.24, 2.45) is 0 Å². The number of rotatable bonds is 3. The zero-order chi connectivity index (χ0) is 16.6. The fourth-order valence-corrected chi connectivity index (χ4v) is 3.82. The molecule has 0 bridgehead atoms. The van der Waals surface area contributed by atoms with Crippen molar-refractivity contribution in [1.29, 1.82) is 5.26 Å². The van der Waals surface area contributed by atoms with Crippen LogP contribution in [0.1, 0.15) is 28.8 Å². The van der Waals surface area contributed by atoms with Crippen LogP contribution in [0.3, 0.4) is 0 Å². The molecule has 9 heteroatoms. The maximum atomic E-state index is 13.2. The molecule has 0 aliphatic heterocycles. The second-order valence-corrected chi connectivity index (χ2v) is 6.88. The number of aromatic nitrogens is 3. The van der Waals surface area contributed by atoms with Crippen molar-refractivity contribution in [3.05, 3.63) is 39.3 Å². The number of thioether (sulfide) groups is 1. The van der Waals surface area contributed by atoms with Crippen LogP contribution in [0.4, 0.5) is 13.2 Å². The zero-order valence-electron chi connectivity index (χ0n) is 11.7. The number of hydrogen-bond donors (Lipinski definition) is 0. The normalized spacial score (nSPS) is 13.9. The Labute approximate surface area is 142 Å². The van der Waals surface area contributed by atoms with Crippen LogP contribution in [-0.2, 0) is 24.9 Å². The lowest BCUT2D eigenvalue weighted by Gasteiger charge is -2.15. The van der Waals surface area contributed by atoms with Gasteiger partial charge in [-0.2, -0.15) is 23.5 Å². The number of fused-ring (bicyclic) bond motifs is 1. The molecule has 0 atom stereocenters. The molecule has 0 unspecified atom stereocenters. The van der Waals surface area contributed by atoms with Crippen LogP contribution in [0.2, 0.25) is 0 Å². The molecule has 2 aromatic rings. The van der Waals surface area contributed by atoms with Crippen LogP contribution in [-0.4, -0.2) is 14.8 Å². The van der Waals surface area contributed by atoms with E-state index in [4.69, 9.17) is 0 Å². The minimum absolute atomic E-state index is 0.118. The third kappa shape index (κ3) is 3.23. The highest BCUT2D eigenvalue weighted by atomic mass is 79.9. The molecule has 4 nitrogen and oxygen atoms in total. The van der Waals surface area contributed by atoms with Crippen LogP contribution >= 0.6 is 27.7 Å². The molecular weight excluding hydrogens is 393 g/mol. The average Bonchev–Trinajstić information content (AvgIpc) is 3.11. The molecule has 0 saturated heterocycles. The van der Waals surface area contributed by atoms with Crippen LogP contribution < -0.4 is 0 Å². The third-order valence-corrected chi connectivity index (χ3v) is 4.92. The second kappa shape index (κ2) is 6.17. The fourth-order valence-electron chi connectivity index (χ4n) is 2.63. The number of nitriles is 1. The molecule has 0 N–H and O–H groups in total. The Morgan fingerprint density at radius 2 is 2.09 bits per heavy atom. The Balaban J connectivity index is 2.00. The van der Waals surface area contributed by atoms with Gasteiger partial charge in [0.25, 0.3) is 0 Å². The topological polar surface area (TPSA) is 54.5 Å². The minimum atomic E-state index is -4.51. The Morgan fingerprint density at radius 1 is 1.35 bits per heavy atom. The summed E-state index contributed by atoms with van der Waals surface area (Å²) < 4.78 is 42.1. The molecule has 0 fully saturated rings. The van der Waals surface area contributed by atoms with Crippen molar-refractivity contribution in [2.75, 3.05) is 0 Å². The molecule has 3 rings (SSSR count). The van der Waals surface area contributed by atoms with E-state index >= 15 is 0 Å². The highest BCUT2D eigenvalue weighted by molar-refractivity contribution is 9.10. The van der Waals surface area contributed by atoms with Gasteiger partial charge in [0.2, 0.25) is 0 Å². The van der Waals surface area contributed by atoms with E-state index in [1.807, 2.05) is 6.07 Å². The van der Waals surface area contributed by atoms with Gasteiger partial charge >= 0.3 is 6.18 Å². The minimum Gasteiger partial charge on any atom is -0.261 e. The summed E-state index contributed by atoms with van der Waals surface area (Å²) in [5.74, 6) is 0.281. The van der Waals surface area contributed by atoms with E-state index in [1.165, 1.54) is 0 Å². The largest absolute Gasteiger partial charge is 0.433 e. The molecule has 2 aromatic heterocycles. The van der Waals surface area contributed by atoms with Crippen LogP contribution in [0.15, 0.2) is 21.9 Å². The van der Waals surface area contributed by atoms with Crippen LogP contribution in [0, 0.1) is 11.3 Å². The van der Waals surface area contributed by atoms with Crippen molar-refractivity contribution in [1.82, 2.24) is 14.8 Å². The first-order valence-corrected chi connectivity index (χ1v) is 8.52. The van der Waals surface area contributed by atoms with Crippen molar-refractivity contribution in [2.45, 2.75) is 36.3 Å². The molecule has 120 valence electrons. The van der Waals surface area contributed by atoms with Gasteiger partial charge < -0.3 is 0 Å². The molecule has 1 aliphatic carbocycles. The molecule has 0 spiro atoms. The van der Waals surface area contributed by atoms with E-state index in [0.717, 1.165) is 16.2 Å². The summed E-state index contributed by atoms with van der Waals surface area (Å²) >= 11 is 4.34. The summed E-state index contributed by atoms with van der Waals surface area (Å²) in [6.45, 7) is 0. The van der Waals surface area contributed by atoms with Crippen molar-refractivity contribution >= 4 is 27.7 Å². The van der Waals surface area contributed by atoms with E-state index < -0.39 is 11.9 Å². The predicted molar refractivity (Wildman–Crippen MR) is 81.8 cm³/mol. The SMILES string of the molecule is N#Cc1c(SCn2cc(Br)cn2)nc(C(F)(F)F)c2c1CCC2. The Morgan fingerprint density at radius 3 is 2.70 bits per heavy atom. The molecule has 0 radical (unpaired) electrons. The molecule has 0 saturated carbocycles. The number of pyridine rings is 1. The molecule has 23 heavy (non-hydrogen) atoms. The summed E-state index contributed by atoms with van der Waals surface area (Å²) in [5.41, 5.74) is 0.0917. The first-order chi connectivity index (χ1) is 10.9. The van der Waals surface area contributed by atoms with E-state index in [2.05, 4.69) is 26.0 Å². The summed E-state index contributed by atoms with van der Waals surface area (Å²) in [6, 6.07) is 2.03. The summed E-state index contributed by atoms with van der Waals surface area (Å²) in [4.78, 5) is 3.77. The van der Waals surface area contributed by atoms with Gasteiger partial charge in [0, 0.05) is 6.20 Å². The monoisotopic (exact) mass is 402 g/mol. The molecule has 0 amide bonds. The van der Waals surface area contributed by atoms with E-state index in [-0.39, 0.29) is 22.0 Å². The molecule has 1 aliphatic rings. The number of halogens is 4. The highest BCUT2D eigenvalue weighted by Gasteiger charge is 2.39. The van der Waals surface area contributed by atoms with Gasteiger partial charge in [-0.25, -0.2) is 4.98 Å². The van der Waals surface area contributed by atoms with Crippen molar-refractivity contribution in [3.63, 3.8) is 0 Å². The lowest BCUT2D eigenvalue weighted by molar-refractivity contribution is -0.142. The van der Waals surface area contributed by atoms with E-state index in [9.17, 15) is 18.4 Å². The third-order valence-electron chi connectivity index (χ3n) is 3.55. The van der Waals surface area contributed by atoms with Crippen LogP contribution in [0.25, 0.3) is 0 Å². The second-order valence-electron chi connectivity index (χ2n) is 5.03. The number of hydrogen-bond acceptors (Lipinski definition) is 4. The highest BCUT2D eigenvalue weighted by Crippen LogP contribution is 2.40. The van der Waals surface area contributed by atoms with Gasteiger partial charge in [0.05, 0.1) is 22.1 Å². The Kier molecular flexibility index (Phi) is 4.38. The summed E-state index contributed by atoms with van der Waals surface area (Å²) in [7, 11) is 0. The Hall–Kier alpha value is -1.53. The summed E-state index contributed by atoms with van der Waals surface area (Å²) in [5, 5.41) is 13.5. The first-order valence-electron chi connectivity index (χ1n) is 6.74. The Bertz CT molecular complexity index is 795. The quantitative estimate of drug-likeness (QED) is 0.722. The van der Waals surface area contributed by atoms with Crippen LogP contribution in [0.5, 0.6) is 0 Å².